The minimum Gasteiger partial charge on any atom is -0.356 e. The lowest BCUT2D eigenvalue weighted by atomic mass is 9.98. The van der Waals surface area contributed by atoms with Crippen molar-refractivity contribution < 1.29 is 9.05 Å². The molecule has 1 saturated heterocycles. The Labute approximate surface area is 158 Å². The van der Waals surface area contributed by atoms with Gasteiger partial charge in [0.05, 0.1) is 11.5 Å². The van der Waals surface area contributed by atoms with E-state index < -0.39 is 0 Å². The smallest absolute Gasteiger partial charge is 0.259 e. The van der Waals surface area contributed by atoms with Gasteiger partial charge in [0, 0.05) is 25.7 Å². The molecule has 4 rings (SSSR count). The van der Waals surface area contributed by atoms with Gasteiger partial charge in [-0.25, -0.2) is 4.98 Å². The van der Waals surface area contributed by atoms with Crippen molar-refractivity contribution in [3.05, 3.63) is 35.9 Å². The van der Waals surface area contributed by atoms with Crippen LogP contribution in [0.2, 0.25) is 0 Å². The molecule has 8 nitrogen and oxygen atoms in total. The molecule has 8 heteroatoms. The summed E-state index contributed by atoms with van der Waals surface area (Å²) in [7, 11) is 0. The number of aryl methyl sites for hydroxylation is 1. The lowest BCUT2D eigenvalue weighted by Crippen LogP contribution is -2.35. The maximum atomic E-state index is 5.53. The maximum Gasteiger partial charge on any atom is 0.259 e. The Hall–Kier alpha value is -2.77. The van der Waals surface area contributed by atoms with E-state index >= 15 is 0 Å². The molecule has 0 unspecified atom stereocenters. The normalized spacial score (nSPS) is 17.6. The van der Waals surface area contributed by atoms with Crippen LogP contribution in [-0.4, -0.2) is 38.4 Å². The van der Waals surface area contributed by atoms with Gasteiger partial charge in [-0.2, -0.15) is 9.97 Å². The summed E-state index contributed by atoms with van der Waals surface area (Å²) < 4.78 is 10.7. The highest BCUT2D eigenvalue weighted by atomic mass is 16.5. The second kappa shape index (κ2) is 7.46. The number of piperidine rings is 1. The van der Waals surface area contributed by atoms with Crippen LogP contribution in [0.3, 0.4) is 0 Å². The average Bonchev–Trinajstić information content (AvgIpc) is 3.31. The fourth-order valence-corrected chi connectivity index (χ4v) is 3.38. The van der Waals surface area contributed by atoms with E-state index in [1.54, 1.807) is 13.1 Å². The molecule has 3 aromatic rings. The first kappa shape index (κ1) is 17.6. The van der Waals surface area contributed by atoms with Gasteiger partial charge in [-0.3, -0.25) is 0 Å². The summed E-state index contributed by atoms with van der Waals surface area (Å²) in [6.45, 7) is 7.91. The molecule has 0 bridgehead atoms. The van der Waals surface area contributed by atoms with Gasteiger partial charge in [0.2, 0.25) is 5.89 Å². The molecular formula is C19H24N6O2. The summed E-state index contributed by atoms with van der Waals surface area (Å²) in [5, 5.41) is 7.95. The highest BCUT2D eigenvalue weighted by molar-refractivity contribution is 5.54. The fourth-order valence-electron chi connectivity index (χ4n) is 3.38. The number of nitrogens with zero attached hydrogens (tertiary/aromatic N) is 6. The molecule has 1 aliphatic rings. The zero-order chi connectivity index (χ0) is 18.8. The molecule has 142 valence electrons. The number of hydrogen-bond acceptors (Lipinski definition) is 8. The third-order valence-corrected chi connectivity index (χ3v) is 4.69. The Morgan fingerprint density at radius 2 is 2.07 bits per heavy atom. The minimum absolute atomic E-state index is 0.243. The third-order valence-electron chi connectivity index (χ3n) is 4.69. The first-order valence-corrected chi connectivity index (χ1v) is 9.42. The number of hydrogen-bond donors (Lipinski definition) is 0. The van der Waals surface area contributed by atoms with Crippen LogP contribution in [0.25, 0.3) is 11.5 Å². The van der Waals surface area contributed by atoms with Crippen molar-refractivity contribution in [3.8, 4) is 11.5 Å². The van der Waals surface area contributed by atoms with E-state index in [9.17, 15) is 0 Å². The minimum atomic E-state index is 0.243. The molecule has 0 N–H and O–H groups in total. The maximum absolute atomic E-state index is 5.53. The average molecular weight is 368 g/mol. The highest BCUT2D eigenvalue weighted by Gasteiger charge is 2.27. The van der Waals surface area contributed by atoms with Gasteiger partial charge < -0.3 is 13.9 Å². The van der Waals surface area contributed by atoms with E-state index in [1.807, 2.05) is 12.1 Å². The topological polar surface area (TPSA) is 94.0 Å². The van der Waals surface area contributed by atoms with E-state index in [0.717, 1.165) is 55.4 Å². The van der Waals surface area contributed by atoms with Crippen molar-refractivity contribution in [2.45, 2.75) is 46.0 Å². The predicted molar refractivity (Wildman–Crippen MR) is 99.3 cm³/mol. The van der Waals surface area contributed by atoms with Crippen molar-refractivity contribution in [2.24, 2.45) is 5.92 Å². The van der Waals surface area contributed by atoms with Crippen LogP contribution >= 0.6 is 0 Å². The standard InChI is InChI=1S/C19H24N6O2/c1-12(2)9-16-22-19(27-24-16)15-5-4-8-25(11-15)17-7-6-14(10-20-17)18-21-13(3)23-26-18/h6-7,10,12,15H,4-5,8-9,11H2,1-3H3/t15-/m0/s1. The summed E-state index contributed by atoms with van der Waals surface area (Å²) in [6, 6.07) is 3.96. The number of aromatic nitrogens is 5. The Balaban J connectivity index is 1.45. The molecule has 1 fully saturated rings. The van der Waals surface area contributed by atoms with Crippen LogP contribution in [0.15, 0.2) is 27.4 Å². The second-order valence-corrected chi connectivity index (χ2v) is 7.48. The van der Waals surface area contributed by atoms with E-state index in [0.29, 0.717) is 17.6 Å². The molecule has 1 aliphatic heterocycles. The summed E-state index contributed by atoms with van der Waals surface area (Å²) in [4.78, 5) is 15.7. The van der Waals surface area contributed by atoms with Crippen LogP contribution in [0.5, 0.6) is 0 Å². The van der Waals surface area contributed by atoms with Crippen LogP contribution in [0.1, 0.15) is 50.1 Å². The van der Waals surface area contributed by atoms with E-state index in [1.165, 1.54) is 0 Å². The van der Waals surface area contributed by atoms with E-state index in [2.05, 4.69) is 44.0 Å². The van der Waals surface area contributed by atoms with Crippen LogP contribution in [0, 0.1) is 12.8 Å². The molecule has 4 heterocycles. The molecule has 27 heavy (non-hydrogen) atoms. The zero-order valence-corrected chi connectivity index (χ0v) is 15.9. The molecule has 0 amide bonds. The lowest BCUT2D eigenvalue weighted by molar-refractivity contribution is 0.329. The predicted octanol–water partition coefficient (Wildman–Crippen LogP) is 3.41. The Kier molecular flexibility index (Phi) is 4.87. The van der Waals surface area contributed by atoms with Gasteiger partial charge in [-0.1, -0.05) is 24.2 Å². The summed E-state index contributed by atoms with van der Waals surface area (Å²) >= 11 is 0. The van der Waals surface area contributed by atoms with Gasteiger partial charge in [0.1, 0.15) is 5.82 Å². The van der Waals surface area contributed by atoms with Gasteiger partial charge in [0.25, 0.3) is 5.89 Å². The quantitative estimate of drug-likeness (QED) is 0.676. The zero-order valence-electron chi connectivity index (χ0n) is 15.9. The van der Waals surface area contributed by atoms with Crippen LogP contribution < -0.4 is 4.90 Å². The van der Waals surface area contributed by atoms with Crippen molar-refractivity contribution in [2.75, 3.05) is 18.0 Å². The summed E-state index contributed by atoms with van der Waals surface area (Å²) in [5.74, 6) is 4.34. The summed E-state index contributed by atoms with van der Waals surface area (Å²) in [6.07, 6.45) is 4.75. The SMILES string of the molecule is Cc1noc(-c2ccc(N3CCC[C@H](c4nc(CC(C)C)no4)C3)nc2)n1. The third kappa shape index (κ3) is 3.99. The monoisotopic (exact) mass is 368 g/mol. The molecule has 1 atom stereocenters. The second-order valence-electron chi connectivity index (χ2n) is 7.48. The Bertz CT molecular complexity index is 886. The number of anilines is 1. The van der Waals surface area contributed by atoms with Gasteiger partial charge in [-0.15, -0.1) is 0 Å². The van der Waals surface area contributed by atoms with Crippen LogP contribution in [-0.2, 0) is 6.42 Å². The van der Waals surface area contributed by atoms with Crippen molar-refractivity contribution >= 4 is 5.82 Å². The Morgan fingerprint density at radius 3 is 2.78 bits per heavy atom. The lowest BCUT2D eigenvalue weighted by Gasteiger charge is -2.31. The first-order chi connectivity index (χ1) is 13.1. The highest BCUT2D eigenvalue weighted by Crippen LogP contribution is 2.29. The fraction of sp³-hybridized carbons (Fsp3) is 0.526. The Morgan fingerprint density at radius 1 is 1.19 bits per heavy atom. The molecule has 0 saturated carbocycles. The van der Waals surface area contributed by atoms with Crippen molar-refractivity contribution in [3.63, 3.8) is 0 Å². The molecule has 0 spiro atoms. The van der Waals surface area contributed by atoms with Gasteiger partial charge in [-0.05, 0) is 37.8 Å². The van der Waals surface area contributed by atoms with Crippen LogP contribution in [0.4, 0.5) is 5.82 Å². The number of rotatable bonds is 5. The summed E-state index contributed by atoms with van der Waals surface area (Å²) in [5.41, 5.74) is 0.822. The van der Waals surface area contributed by atoms with Crippen molar-refractivity contribution in [1.29, 1.82) is 0 Å². The molecule has 3 aromatic heterocycles. The van der Waals surface area contributed by atoms with Gasteiger partial charge in [0.15, 0.2) is 11.6 Å². The molecule has 0 aliphatic carbocycles. The number of pyridine rings is 1. The van der Waals surface area contributed by atoms with E-state index in [-0.39, 0.29) is 5.92 Å². The molecular weight excluding hydrogens is 344 g/mol. The van der Waals surface area contributed by atoms with Gasteiger partial charge >= 0.3 is 0 Å². The van der Waals surface area contributed by atoms with Crippen molar-refractivity contribution in [1.82, 2.24) is 25.3 Å². The van der Waals surface area contributed by atoms with E-state index in [4.69, 9.17) is 9.05 Å². The first-order valence-electron chi connectivity index (χ1n) is 9.42. The largest absolute Gasteiger partial charge is 0.356 e. The molecule has 0 aromatic carbocycles. The molecule has 0 radical (unpaired) electrons.